The van der Waals surface area contributed by atoms with E-state index < -0.39 is 11.8 Å². The Balaban J connectivity index is 1.78. The SMILES string of the molecule is CC(=O)Nc1ccc(N2C(=O)C(Nc3cc(C)ccc3C)=C(c3ccc(C)cc3)C2=O)cc1. The van der Waals surface area contributed by atoms with E-state index in [1.807, 2.05) is 63.2 Å². The summed E-state index contributed by atoms with van der Waals surface area (Å²) in [6, 6.07) is 20.1. The number of amides is 3. The quantitative estimate of drug-likeness (QED) is 0.551. The zero-order chi connectivity index (χ0) is 23.7. The second kappa shape index (κ2) is 8.74. The van der Waals surface area contributed by atoms with Gasteiger partial charge in [0, 0.05) is 18.3 Å². The molecule has 0 saturated heterocycles. The largest absolute Gasteiger partial charge is 0.350 e. The van der Waals surface area contributed by atoms with Crippen molar-refractivity contribution in [2.45, 2.75) is 27.7 Å². The number of carbonyl (C=O) groups excluding carboxylic acids is 3. The van der Waals surface area contributed by atoms with Gasteiger partial charge in [0.05, 0.1) is 11.3 Å². The number of benzene rings is 3. The smallest absolute Gasteiger partial charge is 0.282 e. The molecule has 0 fully saturated rings. The van der Waals surface area contributed by atoms with Crippen LogP contribution in [0.1, 0.15) is 29.2 Å². The van der Waals surface area contributed by atoms with Gasteiger partial charge in [-0.05, 0) is 67.8 Å². The predicted molar refractivity (Wildman–Crippen MR) is 131 cm³/mol. The minimum Gasteiger partial charge on any atom is -0.350 e. The van der Waals surface area contributed by atoms with Crippen LogP contribution in [0.15, 0.2) is 72.4 Å². The second-order valence-electron chi connectivity index (χ2n) is 8.23. The Morgan fingerprint density at radius 1 is 0.788 bits per heavy atom. The van der Waals surface area contributed by atoms with Crippen molar-refractivity contribution in [3.8, 4) is 0 Å². The fourth-order valence-electron chi connectivity index (χ4n) is 3.77. The first-order valence-corrected chi connectivity index (χ1v) is 10.7. The summed E-state index contributed by atoms with van der Waals surface area (Å²) in [6.07, 6.45) is 0. The molecular weight excluding hydrogens is 414 g/mol. The van der Waals surface area contributed by atoms with E-state index in [9.17, 15) is 14.4 Å². The van der Waals surface area contributed by atoms with Crippen LogP contribution >= 0.6 is 0 Å². The summed E-state index contributed by atoms with van der Waals surface area (Å²) in [5.41, 5.74) is 6.11. The molecule has 0 saturated carbocycles. The van der Waals surface area contributed by atoms with Crippen LogP contribution in [0.5, 0.6) is 0 Å². The molecule has 6 nitrogen and oxygen atoms in total. The summed E-state index contributed by atoms with van der Waals surface area (Å²) in [7, 11) is 0. The summed E-state index contributed by atoms with van der Waals surface area (Å²) in [5, 5.41) is 5.93. The summed E-state index contributed by atoms with van der Waals surface area (Å²) in [5.74, 6) is -1.02. The number of hydrogen-bond donors (Lipinski definition) is 2. The van der Waals surface area contributed by atoms with Gasteiger partial charge in [0.25, 0.3) is 11.8 Å². The van der Waals surface area contributed by atoms with Crippen molar-refractivity contribution >= 4 is 40.4 Å². The Hall–Kier alpha value is -4.19. The molecule has 3 amide bonds. The van der Waals surface area contributed by atoms with E-state index in [1.165, 1.54) is 11.8 Å². The number of anilines is 3. The highest BCUT2D eigenvalue weighted by atomic mass is 16.2. The van der Waals surface area contributed by atoms with Crippen LogP contribution in [-0.2, 0) is 14.4 Å². The fourth-order valence-corrected chi connectivity index (χ4v) is 3.77. The van der Waals surface area contributed by atoms with Crippen molar-refractivity contribution in [2.75, 3.05) is 15.5 Å². The zero-order valence-electron chi connectivity index (χ0n) is 19.0. The number of rotatable bonds is 5. The summed E-state index contributed by atoms with van der Waals surface area (Å²) in [4.78, 5) is 39.6. The first-order chi connectivity index (χ1) is 15.7. The normalized spacial score (nSPS) is 13.5. The molecule has 1 heterocycles. The van der Waals surface area contributed by atoms with Crippen molar-refractivity contribution in [2.24, 2.45) is 0 Å². The van der Waals surface area contributed by atoms with Gasteiger partial charge in [0.2, 0.25) is 5.91 Å². The Labute approximate surface area is 192 Å². The molecular formula is C27H25N3O3. The van der Waals surface area contributed by atoms with Crippen molar-refractivity contribution in [1.82, 2.24) is 0 Å². The standard InChI is InChI=1S/C27H25N3O3/c1-16-6-9-20(10-7-16)24-25(29-23-15-17(2)5-8-18(23)3)27(33)30(26(24)32)22-13-11-21(12-14-22)28-19(4)31/h5-15,29H,1-4H3,(H,28,31). The van der Waals surface area contributed by atoms with Crippen LogP contribution < -0.4 is 15.5 Å². The lowest BCUT2D eigenvalue weighted by atomic mass is 10.0. The van der Waals surface area contributed by atoms with Crippen molar-refractivity contribution in [3.05, 3.63) is 94.7 Å². The predicted octanol–water partition coefficient (Wildman–Crippen LogP) is 4.97. The first kappa shape index (κ1) is 22.0. The van der Waals surface area contributed by atoms with Crippen LogP contribution in [0, 0.1) is 20.8 Å². The first-order valence-electron chi connectivity index (χ1n) is 10.7. The van der Waals surface area contributed by atoms with E-state index >= 15 is 0 Å². The van der Waals surface area contributed by atoms with Gasteiger partial charge in [-0.15, -0.1) is 0 Å². The van der Waals surface area contributed by atoms with Crippen LogP contribution in [0.25, 0.3) is 5.57 Å². The lowest BCUT2D eigenvalue weighted by Gasteiger charge is -2.16. The van der Waals surface area contributed by atoms with Crippen LogP contribution in [-0.4, -0.2) is 17.7 Å². The topological polar surface area (TPSA) is 78.5 Å². The van der Waals surface area contributed by atoms with Gasteiger partial charge < -0.3 is 10.6 Å². The van der Waals surface area contributed by atoms with E-state index in [1.54, 1.807) is 24.3 Å². The number of nitrogens with zero attached hydrogens (tertiary/aromatic N) is 1. The van der Waals surface area contributed by atoms with Crippen LogP contribution in [0.2, 0.25) is 0 Å². The number of aryl methyl sites for hydroxylation is 3. The van der Waals surface area contributed by atoms with Gasteiger partial charge in [0.15, 0.2) is 0 Å². The molecule has 0 spiro atoms. The van der Waals surface area contributed by atoms with Gasteiger partial charge in [-0.1, -0.05) is 42.0 Å². The molecule has 2 N–H and O–H groups in total. The molecule has 0 radical (unpaired) electrons. The van der Waals surface area contributed by atoms with Gasteiger partial charge in [-0.3, -0.25) is 14.4 Å². The van der Waals surface area contributed by atoms with Crippen molar-refractivity contribution < 1.29 is 14.4 Å². The highest BCUT2D eigenvalue weighted by Gasteiger charge is 2.40. The molecule has 0 unspecified atom stereocenters. The zero-order valence-corrected chi connectivity index (χ0v) is 19.0. The van der Waals surface area contributed by atoms with Gasteiger partial charge in [0.1, 0.15) is 5.70 Å². The maximum absolute atomic E-state index is 13.6. The third-order valence-electron chi connectivity index (χ3n) is 5.52. The lowest BCUT2D eigenvalue weighted by molar-refractivity contribution is -0.120. The molecule has 3 aromatic carbocycles. The van der Waals surface area contributed by atoms with E-state index in [0.717, 1.165) is 22.4 Å². The molecule has 4 rings (SSSR count). The van der Waals surface area contributed by atoms with E-state index in [-0.39, 0.29) is 11.6 Å². The molecule has 33 heavy (non-hydrogen) atoms. The van der Waals surface area contributed by atoms with Gasteiger partial charge in [-0.25, -0.2) is 4.90 Å². The Morgan fingerprint density at radius 3 is 2.06 bits per heavy atom. The van der Waals surface area contributed by atoms with Crippen molar-refractivity contribution in [3.63, 3.8) is 0 Å². The number of hydrogen-bond acceptors (Lipinski definition) is 4. The maximum Gasteiger partial charge on any atom is 0.282 e. The van der Waals surface area contributed by atoms with E-state index in [4.69, 9.17) is 0 Å². The molecule has 1 aliphatic rings. The maximum atomic E-state index is 13.6. The Bertz CT molecular complexity index is 1290. The minimum atomic E-state index is -0.427. The fraction of sp³-hybridized carbons (Fsp3) is 0.148. The second-order valence-corrected chi connectivity index (χ2v) is 8.23. The molecule has 0 aromatic heterocycles. The molecule has 0 atom stereocenters. The molecule has 3 aromatic rings. The summed E-state index contributed by atoms with van der Waals surface area (Å²) >= 11 is 0. The monoisotopic (exact) mass is 439 g/mol. The van der Waals surface area contributed by atoms with E-state index in [0.29, 0.717) is 22.5 Å². The molecule has 0 bridgehead atoms. The highest BCUT2D eigenvalue weighted by molar-refractivity contribution is 6.46. The van der Waals surface area contributed by atoms with Gasteiger partial charge in [-0.2, -0.15) is 0 Å². The Kier molecular flexibility index (Phi) is 5.84. The van der Waals surface area contributed by atoms with Gasteiger partial charge >= 0.3 is 0 Å². The van der Waals surface area contributed by atoms with Crippen LogP contribution in [0.4, 0.5) is 17.1 Å². The average Bonchev–Trinajstić information content (AvgIpc) is 3.01. The average molecular weight is 440 g/mol. The lowest BCUT2D eigenvalue weighted by Crippen LogP contribution is -2.32. The molecule has 0 aliphatic carbocycles. The molecule has 1 aliphatic heterocycles. The summed E-state index contributed by atoms with van der Waals surface area (Å²) < 4.78 is 0. The minimum absolute atomic E-state index is 0.195. The van der Waals surface area contributed by atoms with Crippen LogP contribution in [0.3, 0.4) is 0 Å². The molecule has 6 heteroatoms. The number of nitrogens with one attached hydrogen (secondary N) is 2. The molecule has 166 valence electrons. The number of carbonyl (C=O) groups is 3. The Morgan fingerprint density at radius 2 is 1.42 bits per heavy atom. The van der Waals surface area contributed by atoms with Crippen molar-refractivity contribution in [1.29, 1.82) is 0 Å². The highest BCUT2D eigenvalue weighted by Crippen LogP contribution is 2.35. The third kappa shape index (κ3) is 4.41. The van der Waals surface area contributed by atoms with E-state index in [2.05, 4.69) is 10.6 Å². The number of imide groups is 1. The summed E-state index contributed by atoms with van der Waals surface area (Å²) in [6.45, 7) is 7.32. The third-order valence-corrected chi connectivity index (χ3v) is 5.52.